The molecule has 0 saturated heterocycles. The molecule has 0 amide bonds. The smallest absolute Gasteiger partial charge is 0.0891 e. The van der Waals surface area contributed by atoms with Crippen molar-refractivity contribution >= 4 is 0 Å². The van der Waals surface area contributed by atoms with E-state index in [0.717, 1.165) is 17.9 Å². The van der Waals surface area contributed by atoms with E-state index in [2.05, 4.69) is 44.3 Å². The van der Waals surface area contributed by atoms with E-state index in [1.54, 1.807) is 0 Å². The van der Waals surface area contributed by atoms with Gasteiger partial charge in [0.15, 0.2) is 0 Å². The Morgan fingerprint density at radius 3 is 2.43 bits per heavy atom. The van der Waals surface area contributed by atoms with E-state index in [9.17, 15) is 0 Å². The average Bonchev–Trinajstić information content (AvgIpc) is 2.71. The first-order chi connectivity index (χ1) is 10.0. The maximum absolute atomic E-state index is 6.07. The third-order valence-electron chi connectivity index (χ3n) is 3.93. The summed E-state index contributed by atoms with van der Waals surface area (Å²) >= 11 is 0. The van der Waals surface area contributed by atoms with E-state index in [4.69, 9.17) is 9.72 Å². The molecule has 1 fully saturated rings. The van der Waals surface area contributed by atoms with Crippen LogP contribution in [0.1, 0.15) is 70.7 Å². The summed E-state index contributed by atoms with van der Waals surface area (Å²) in [7, 11) is 0. The van der Waals surface area contributed by atoms with Crippen molar-refractivity contribution in [3.63, 3.8) is 0 Å². The molecule has 0 bridgehead atoms. The van der Waals surface area contributed by atoms with Crippen LogP contribution in [0.2, 0.25) is 0 Å². The van der Waals surface area contributed by atoms with Crippen LogP contribution in [0.15, 0.2) is 18.2 Å². The van der Waals surface area contributed by atoms with Crippen molar-refractivity contribution in [3.8, 4) is 0 Å². The summed E-state index contributed by atoms with van der Waals surface area (Å²) in [4.78, 5) is 4.70. The van der Waals surface area contributed by atoms with Gasteiger partial charge in [-0.15, -0.1) is 0 Å². The number of ether oxygens (including phenoxy) is 1. The van der Waals surface area contributed by atoms with Gasteiger partial charge in [-0.2, -0.15) is 0 Å². The molecule has 0 atom stereocenters. The number of hydrogen-bond donors (Lipinski definition) is 1. The minimum atomic E-state index is 0.120. The summed E-state index contributed by atoms with van der Waals surface area (Å²) in [6.45, 7) is 7.97. The van der Waals surface area contributed by atoms with Gasteiger partial charge in [0.2, 0.25) is 0 Å². The highest BCUT2D eigenvalue weighted by molar-refractivity contribution is 5.10. The Labute approximate surface area is 129 Å². The lowest BCUT2D eigenvalue weighted by Gasteiger charge is -2.20. The third-order valence-corrected chi connectivity index (χ3v) is 3.93. The fourth-order valence-electron chi connectivity index (χ4n) is 2.68. The Kier molecular flexibility index (Phi) is 6.19. The number of rotatable bonds is 5. The van der Waals surface area contributed by atoms with Crippen molar-refractivity contribution in [1.82, 2.24) is 10.3 Å². The molecule has 3 heteroatoms. The zero-order valence-electron chi connectivity index (χ0n) is 13.8. The molecule has 0 radical (unpaired) electrons. The Morgan fingerprint density at radius 1 is 1.10 bits per heavy atom. The van der Waals surface area contributed by atoms with Gasteiger partial charge in [-0.1, -0.05) is 31.7 Å². The number of nitrogens with zero attached hydrogens (tertiary/aromatic N) is 1. The minimum absolute atomic E-state index is 0.120. The molecule has 0 unspecified atom stereocenters. The molecule has 118 valence electrons. The molecule has 0 spiro atoms. The zero-order chi connectivity index (χ0) is 15.1. The monoisotopic (exact) mass is 290 g/mol. The van der Waals surface area contributed by atoms with E-state index in [-0.39, 0.29) is 5.54 Å². The highest BCUT2D eigenvalue weighted by Crippen LogP contribution is 2.20. The summed E-state index contributed by atoms with van der Waals surface area (Å²) in [6, 6.07) is 6.23. The van der Waals surface area contributed by atoms with Gasteiger partial charge in [0.05, 0.1) is 24.1 Å². The molecule has 1 saturated carbocycles. The zero-order valence-corrected chi connectivity index (χ0v) is 13.8. The van der Waals surface area contributed by atoms with Gasteiger partial charge < -0.3 is 10.1 Å². The van der Waals surface area contributed by atoms with Crippen molar-refractivity contribution in [2.24, 2.45) is 0 Å². The predicted molar refractivity (Wildman–Crippen MR) is 87.1 cm³/mol. The van der Waals surface area contributed by atoms with Gasteiger partial charge in [-0.3, -0.25) is 4.98 Å². The topological polar surface area (TPSA) is 34.1 Å². The van der Waals surface area contributed by atoms with Gasteiger partial charge >= 0.3 is 0 Å². The van der Waals surface area contributed by atoms with Gasteiger partial charge in [0, 0.05) is 12.1 Å². The molecule has 1 aliphatic rings. The van der Waals surface area contributed by atoms with E-state index in [1.165, 1.54) is 38.5 Å². The number of aromatic nitrogens is 1. The second-order valence-electron chi connectivity index (χ2n) is 7.15. The Hall–Kier alpha value is -0.930. The Bertz CT molecular complexity index is 417. The molecule has 3 nitrogen and oxygen atoms in total. The van der Waals surface area contributed by atoms with E-state index in [0.29, 0.717) is 12.7 Å². The first-order valence-electron chi connectivity index (χ1n) is 8.34. The van der Waals surface area contributed by atoms with E-state index in [1.807, 2.05) is 0 Å². The van der Waals surface area contributed by atoms with Crippen LogP contribution in [0.3, 0.4) is 0 Å². The van der Waals surface area contributed by atoms with Crippen molar-refractivity contribution in [2.45, 2.75) is 84.1 Å². The largest absolute Gasteiger partial charge is 0.372 e. The Morgan fingerprint density at radius 2 is 1.76 bits per heavy atom. The number of nitrogens with one attached hydrogen (secondary N) is 1. The summed E-state index contributed by atoms with van der Waals surface area (Å²) in [5.74, 6) is 0. The highest BCUT2D eigenvalue weighted by atomic mass is 16.5. The summed E-state index contributed by atoms with van der Waals surface area (Å²) in [5.41, 5.74) is 2.26. The lowest BCUT2D eigenvalue weighted by Crippen LogP contribution is -2.35. The molecule has 21 heavy (non-hydrogen) atoms. The fourth-order valence-corrected chi connectivity index (χ4v) is 2.68. The molecule has 1 aliphatic carbocycles. The van der Waals surface area contributed by atoms with Crippen LogP contribution < -0.4 is 5.32 Å². The number of pyridine rings is 1. The van der Waals surface area contributed by atoms with Crippen LogP contribution in [-0.4, -0.2) is 16.6 Å². The third kappa shape index (κ3) is 6.58. The molecule has 1 N–H and O–H groups in total. The van der Waals surface area contributed by atoms with Crippen LogP contribution >= 0.6 is 0 Å². The molecule has 0 aromatic carbocycles. The quantitative estimate of drug-likeness (QED) is 0.825. The maximum atomic E-state index is 6.07. The van der Waals surface area contributed by atoms with Crippen molar-refractivity contribution < 1.29 is 4.74 Å². The fraction of sp³-hybridized carbons (Fsp3) is 0.722. The second kappa shape index (κ2) is 7.90. The van der Waals surface area contributed by atoms with Gasteiger partial charge in [-0.05, 0) is 45.7 Å². The van der Waals surface area contributed by atoms with Crippen molar-refractivity contribution in [3.05, 3.63) is 29.6 Å². The van der Waals surface area contributed by atoms with Gasteiger partial charge in [0.25, 0.3) is 0 Å². The maximum Gasteiger partial charge on any atom is 0.0891 e. The summed E-state index contributed by atoms with van der Waals surface area (Å²) < 4.78 is 6.07. The lowest BCUT2D eigenvalue weighted by molar-refractivity contribution is 0.0291. The van der Waals surface area contributed by atoms with Crippen molar-refractivity contribution in [2.75, 3.05) is 0 Å². The summed E-state index contributed by atoms with van der Waals surface area (Å²) in [5, 5.41) is 3.48. The van der Waals surface area contributed by atoms with Crippen LogP contribution in [0.5, 0.6) is 0 Å². The van der Waals surface area contributed by atoms with Crippen LogP contribution in [0, 0.1) is 0 Å². The molecule has 1 heterocycles. The standard InChI is InChI=1S/C18H30N2O/c1-18(2,3)19-13-15-9-8-10-16(20-15)14-21-17-11-6-4-5-7-12-17/h8-10,17,19H,4-7,11-14H2,1-3H3. The number of hydrogen-bond acceptors (Lipinski definition) is 3. The molecule has 0 aliphatic heterocycles. The van der Waals surface area contributed by atoms with Crippen LogP contribution in [0.25, 0.3) is 0 Å². The molecule has 1 aromatic rings. The second-order valence-corrected chi connectivity index (χ2v) is 7.15. The van der Waals surface area contributed by atoms with Gasteiger partial charge in [-0.25, -0.2) is 0 Å². The normalized spacial score (nSPS) is 17.7. The molecule has 2 rings (SSSR count). The molecular formula is C18H30N2O. The SMILES string of the molecule is CC(C)(C)NCc1cccc(COC2CCCCCC2)n1. The lowest BCUT2D eigenvalue weighted by atomic mass is 10.1. The van der Waals surface area contributed by atoms with Crippen LogP contribution in [-0.2, 0) is 17.9 Å². The Balaban J connectivity index is 1.82. The predicted octanol–water partition coefficient (Wildman–Crippen LogP) is 4.21. The summed E-state index contributed by atoms with van der Waals surface area (Å²) in [6.07, 6.45) is 8.22. The first-order valence-corrected chi connectivity index (χ1v) is 8.34. The van der Waals surface area contributed by atoms with Crippen molar-refractivity contribution in [1.29, 1.82) is 0 Å². The minimum Gasteiger partial charge on any atom is -0.372 e. The van der Waals surface area contributed by atoms with Crippen LogP contribution in [0.4, 0.5) is 0 Å². The average molecular weight is 290 g/mol. The molecular weight excluding hydrogens is 260 g/mol. The van der Waals surface area contributed by atoms with Gasteiger partial charge in [0.1, 0.15) is 0 Å². The molecule has 1 aromatic heterocycles. The van der Waals surface area contributed by atoms with E-state index < -0.39 is 0 Å². The highest BCUT2D eigenvalue weighted by Gasteiger charge is 2.13. The first kappa shape index (κ1) is 16.4. The van der Waals surface area contributed by atoms with E-state index >= 15 is 0 Å².